The number of nitriles is 1. The van der Waals surface area contributed by atoms with Crippen molar-refractivity contribution in [1.82, 2.24) is 0 Å². The third kappa shape index (κ3) is 4.45. The molecule has 5 heteroatoms. The summed E-state index contributed by atoms with van der Waals surface area (Å²) in [5, 5.41) is 8.99. The Bertz CT molecular complexity index is 809. The molecule has 5 nitrogen and oxygen atoms in total. The Hall–Kier alpha value is -3.13. The van der Waals surface area contributed by atoms with Crippen LogP contribution in [0.3, 0.4) is 0 Å². The number of benzene rings is 2. The van der Waals surface area contributed by atoms with Gasteiger partial charge in [-0.25, -0.2) is 4.79 Å². The van der Waals surface area contributed by atoms with E-state index in [2.05, 4.69) is 6.07 Å². The lowest BCUT2D eigenvalue weighted by atomic mass is 10.0. The summed E-state index contributed by atoms with van der Waals surface area (Å²) < 4.78 is 5.09. The SMILES string of the molecule is CCOC(=O)c1ccccc1N(Cc1ccccc1CC#N)C(C)=O. The first-order valence-corrected chi connectivity index (χ1v) is 8.06. The summed E-state index contributed by atoms with van der Waals surface area (Å²) in [5.74, 6) is -0.654. The van der Waals surface area contributed by atoms with Gasteiger partial charge in [-0.1, -0.05) is 36.4 Å². The summed E-state index contributed by atoms with van der Waals surface area (Å²) in [7, 11) is 0. The number of carbonyl (C=O) groups is 2. The summed E-state index contributed by atoms with van der Waals surface area (Å²) in [5.41, 5.74) is 2.58. The predicted octanol–water partition coefficient (Wildman–Crippen LogP) is 3.48. The summed E-state index contributed by atoms with van der Waals surface area (Å²) in [6, 6.07) is 16.5. The number of anilines is 1. The maximum atomic E-state index is 12.3. The molecule has 0 aliphatic carbocycles. The molecular weight excluding hydrogens is 316 g/mol. The van der Waals surface area contributed by atoms with Crippen LogP contribution in [-0.2, 0) is 22.5 Å². The van der Waals surface area contributed by atoms with Gasteiger partial charge in [0.2, 0.25) is 5.91 Å². The average molecular weight is 336 g/mol. The Morgan fingerprint density at radius 2 is 1.72 bits per heavy atom. The van der Waals surface area contributed by atoms with Crippen LogP contribution in [0.5, 0.6) is 0 Å². The van der Waals surface area contributed by atoms with Crippen molar-refractivity contribution in [2.75, 3.05) is 11.5 Å². The van der Waals surface area contributed by atoms with Crippen molar-refractivity contribution < 1.29 is 14.3 Å². The maximum absolute atomic E-state index is 12.3. The second-order valence-corrected chi connectivity index (χ2v) is 5.45. The molecular formula is C20H20N2O3. The van der Waals surface area contributed by atoms with Crippen LogP contribution in [0.2, 0.25) is 0 Å². The molecule has 25 heavy (non-hydrogen) atoms. The normalized spacial score (nSPS) is 9.96. The molecule has 0 saturated carbocycles. The van der Waals surface area contributed by atoms with Gasteiger partial charge in [0, 0.05) is 6.92 Å². The first-order chi connectivity index (χ1) is 12.1. The van der Waals surface area contributed by atoms with E-state index in [0.29, 0.717) is 11.3 Å². The number of esters is 1. The summed E-state index contributed by atoms with van der Waals surface area (Å²) in [6.45, 7) is 3.73. The number of amides is 1. The molecule has 1 amide bonds. The lowest BCUT2D eigenvalue weighted by Crippen LogP contribution is -2.30. The summed E-state index contributed by atoms with van der Waals surface area (Å²) in [6.07, 6.45) is 0.265. The van der Waals surface area contributed by atoms with E-state index >= 15 is 0 Å². The van der Waals surface area contributed by atoms with E-state index in [-0.39, 0.29) is 25.5 Å². The van der Waals surface area contributed by atoms with Gasteiger partial charge in [0.1, 0.15) is 0 Å². The summed E-state index contributed by atoms with van der Waals surface area (Å²) in [4.78, 5) is 26.0. The minimum atomic E-state index is -0.463. The van der Waals surface area contributed by atoms with Crippen molar-refractivity contribution in [3.63, 3.8) is 0 Å². The highest BCUT2D eigenvalue weighted by Gasteiger charge is 2.21. The van der Waals surface area contributed by atoms with Gasteiger partial charge in [-0.2, -0.15) is 5.26 Å². The molecule has 0 heterocycles. The highest BCUT2D eigenvalue weighted by molar-refractivity contribution is 6.01. The van der Waals surface area contributed by atoms with Crippen molar-refractivity contribution in [2.45, 2.75) is 26.8 Å². The Labute approximate surface area is 147 Å². The fourth-order valence-electron chi connectivity index (χ4n) is 2.60. The second kappa shape index (κ2) is 8.65. The minimum absolute atomic E-state index is 0.191. The lowest BCUT2D eigenvalue weighted by molar-refractivity contribution is -0.116. The lowest BCUT2D eigenvalue weighted by Gasteiger charge is -2.24. The number of carbonyl (C=O) groups excluding carboxylic acids is 2. The zero-order chi connectivity index (χ0) is 18.2. The van der Waals surface area contributed by atoms with E-state index in [1.807, 2.05) is 24.3 Å². The van der Waals surface area contributed by atoms with E-state index < -0.39 is 5.97 Å². The molecule has 128 valence electrons. The highest BCUT2D eigenvalue weighted by atomic mass is 16.5. The third-order valence-electron chi connectivity index (χ3n) is 3.79. The van der Waals surface area contributed by atoms with Crippen LogP contribution >= 0.6 is 0 Å². The molecule has 0 bridgehead atoms. The zero-order valence-corrected chi connectivity index (χ0v) is 14.4. The molecule has 0 spiro atoms. The van der Waals surface area contributed by atoms with Crippen LogP contribution < -0.4 is 4.90 Å². The monoisotopic (exact) mass is 336 g/mol. The number of rotatable bonds is 6. The van der Waals surface area contributed by atoms with E-state index in [1.165, 1.54) is 11.8 Å². The molecule has 0 saturated heterocycles. The quantitative estimate of drug-likeness (QED) is 0.757. The number of hydrogen-bond donors (Lipinski definition) is 0. The maximum Gasteiger partial charge on any atom is 0.340 e. The smallest absolute Gasteiger partial charge is 0.340 e. The van der Waals surface area contributed by atoms with Crippen LogP contribution in [-0.4, -0.2) is 18.5 Å². The molecule has 0 aromatic heterocycles. The number of hydrogen-bond acceptors (Lipinski definition) is 4. The van der Waals surface area contributed by atoms with Gasteiger partial charge in [-0.05, 0) is 30.2 Å². The Balaban J connectivity index is 2.43. The zero-order valence-electron chi connectivity index (χ0n) is 14.4. The third-order valence-corrected chi connectivity index (χ3v) is 3.79. The number of para-hydroxylation sites is 1. The largest absolute Gasteiger partial charge is 0.462 e. The molecule has 2 aromatic carbocycles. The van der Waals surface area contributed by atoms with E-state index in [0.717, 1.165) is 11.1 Å². The number of ether oxygens (including phenoxy) is 1. The highest BCUT2D eigenvalue weighted by Crippen LogP contribution is 2.24. The summed E-state index contributed by atoms with van der Waals surface area (Å²) >= 11 is 0. The second-order valence-electron chi connectivity index (χ2n) is 5.45. The number of nitrogens with zero attached hydrogens (tertiary/aromatic N) is 2. The standard InChI is InChI=1S/C20H20N2O3/c1-3-25-20(24)18-10-6-7-11-19(18)22(15(2)23)14-17-9-5-4-8-16(17)12-13-21/h4-11H,3,12,14H2,1-2H3. The topological polar surface area (TPSA) is 70.4 Å². The van der Waals surface area contributed by atoms with Crippen molar-refractivity contribution in [3.05, 3.63) is 65.2 Å². The predicted molar refractivity (Wildman–Crippen MR) is 95.0 cm³/mol. The van der Waals surface area contributed by atoms with Gasteiger partial charge >= 0.3 is 5.97 Å². The fraction of sp³-hybridized carbons (Fsp3) is 0.250. The van der Waals surface area contributed by atoms with Crippen LogP contribution in [0, 0.1) is 11.3 Å². The van der Waals surface area contributed by atoms with Gasteiger partial charge < -0.3 is 9.64 Å². The Morgan fingerprint density at radius 3 is 2.36 bits per heavy atom. The Kier molecular flexibility index (Phi) is 6.30. The first-order valence-electron chi connectivity index (χ1n) is 8.06. The molecule has 0 aliphatic rings. The van der Waals surface area contributed by atoms with Crippen molar-refractivity contribution in [3.8, 4) is 6.07 Å². The van der Waals surface area contributed by atoms with E-state index in [1.54, 1.807) is 31.2 Å². The van der Waals surface area contributed by atoms with Gasteiger partial charge in [-0.3, -0.25) is 4.79 Å². The van der Waals surface area contributed by atoms with Crippen LogP contribution in [0.4, 0.5) is 5.69 Å². The Morgan fingerprint density at radius 1 is 1.08 bits per heavy atom. The van der Waals surface area contributed by atoms with Gasteiger partial charge in [-0.15, -0.1) is 0 Å². The van der Waals surface area contributed by atoms with E-state index in [4.69, 9.17) is 10.00 Å². The van der Waals surface area contributed by atoms with Crippen molar-refractivity contribution in [2.24, 2.45) is 0 Å². The molecule has 0 aliphatic heterocycles. The molecule has 0 unspecified atom stereocenters. The van der Waals surface area contributed by atoms with Crippen LogP contribution in [0.15, 0.2) is 48.5 Å². The molecule has 0 atom stereocenters. The molecule has 0 radical (unpaired) electrons. The first kappa shape index (κ1) is 18.2. The van der Waals surface area contributed by atoms with E-state index in [9.17, 15) is 9.59 Å². The minimum Gasteiger partial charge on any atom is -0.462 e. The molecule has 0 fully saturated rings. The molecule has 2 rings (SSSR count). The van der Waals surface area contributed by atoms with Crippen molar-refractivity contribution >= 4 is 17.6 Å². The molecule has 0 N–H and O–H groups in total. The van der Waals surface area contributed by atoms with Gasteiger partial charge in [0.15, 0.2) is 0 Å². The molecule has 2 aromatic rings. The fourth-order valence-corrected chi connectivity index (χ4v) is 2.60. The van der Waals surface area contributed by atoms with Crippen LogP contribution in [0.1, 0.15) is 35.3 Å². The van der Waals surface area contributed by atoms with Gasteiger partial charge in [0.05, 0.1) is 36.9 Å². The average Bonchev–Trinajstić information content (AvgIpc) is 2.61. The van der Waals surface area contributed by atoms with Gasteiger partial charge in [0.25, 0.3) is 0 Å². The van der Waals surface area contributed by atoms with Crippen LogP contribution in [0.25, 0.3) is 0 Å². The van der Waals surface area contributed by atoms with Crippen molar-refractivity contribution in [1.29, 1.82) is 5.26 Å².